The minimum Gasteiger partial charge on any atom is -0.490 e. The SMILES string of the molecule is CC(C)Oc1cccc2[nH]cc(C(=O)C(C)C)c12. The summed E-state index contributed by atoms with van der Waals surface area (Å²) in [7, 11) is 0. The number of carbonyl (C=O) groups excluding carboxylic acids is 1. The number of H-pyrrole nitrogens is 1. The molecule has 0 spiro atoms. The zero-order valence-electron chi connectivity index (χ0n) is 11.3. The Bertz CT molecular complexity index is 567. The minimum absolute atomic E-state index is 0.0175. The number of Topliss-reactive ketones (excluding diaryl/α,β-unsaturated/α-hetero) is 1. The van der Waals surface area contributed by atoms with E-state index in [2.05, 4.69) is 4.98 Å². The first-order chi connectivity index (χ1) is 8.50. The number of aromatic nitrogens is 1. The Balaban J connectivity index is 2.58. The van der Waals surface area contributed by atoms with Crippen molar-refractivity contribution in [3.05, 3.63) is 30.0 Å². The van der Waals surface area contributed by atoms with Crippen molar-refractivity contribution in [3.8, 4) is 5.75 Å². The Kier molecular flexibility index (Phi) is 3.41. The van der Waals surface area contributed by atoms with Crippen LogP contribution in [0.2, 0.25) is 0 Å². The number of nitrogens with one attached hydrogen (secondary N) is 1. The number of aromatic amines is 1. The first-order valence-corrected chi connectivity index (χ1v) is 6.31. The van der Waals surface area contributed by atoms with E-state index in [1.165, 1.54) is 0 Å². The molecule has 0 saturated carbocycles. The van der Waals surface area contributed by atoms with Crippen LogP contribution in [0, 0.1) is 5.92 Å². The van der Waals surface area contributed by atoms with E-state index in [1.54, 1.807) is 6.20 Å². The number of carbonyl (C=O) groups is 1. The number of rotatable bonds is 4. The lowest BCUT2D eigenvalue weighted by molar-refractivity contribution is 0.0940. The topological polar surface area (TPSA) is 42.1 Å². The van der Waals surface area contributed by atoms with Crippen LogP contribution in [-0.2, 0) is 0 Å². The van der Waals surface area contributed by atoms with Gasteiger partial charge in [-0.2, -0.15) is 0 Å². The van der Waals surface area contributed by atoms with Gasteiger partial charge in [-0.3, -0.25) is 4.79 Å². The van der Waals surface area contributed by atoms with Crippen LogP contribution >= 0.6 is 0 Å². The molecule has 0 bridgehead atoms. The van der Waals surface area contributed by atoms with Crippen LogP contribution in [0.3, 0.4) is 0 Å². The number of ether oxygens (including phenoxy) is 1. The molecule has 0 aliphatic carbocycles. The Labute approximate surface area is 107 Å². The van der Waals surface area contributed by atoms with E-state index in [1.807, 2.05) is 45.9 Å². The monoisotopic (exact) mass is 245 g/mol. The summed E-state index contributed by atoms with van der Waals surface area (Å²) in [4.78, 5) is 15.3. The second kappa shape index (κ2) is 4.84. The smallest absolute Gasteiger partial charge is 0.167 e. The minimum atomic E-state index is -0.0175. The fourth-order valence-electron chi connectivity index (χ4n) is 2.01. The summed E-state index contributed by atoms with van der Waals surface area (Å²) in [6.45, 7) is 7.78. The van der Waals surface area contributed by atoms with Gasteiger partial charge in [-0.15, -0.1) is 0 Å². The van der Waals surface area contributed by atoms with Crippen LogP contribution in [0.4, 0.5) is 0 Å². The van der Waals surface area contributed by atoms with Gasteiger partial charge in [0.15, 0.2) is 5.78 Å². The number of fused-ring (bicyclic) bond motifs is 1. The van der Waals surface area contributed by atoms with Crippen molar-refractivity contribution in [1.29, 1.82) is 0 Å². The third-order valence-electron chi connectivity index (χ3n) is 2.82. The van der Waals surface area contributed by atoms with Crippen LogP contribution in [0.1, 0.15) is 38.1 Å². The molecular formula is C15H19NO2. The van der Waals surface area contributed by atoms with E-state index in [-0.39, 0.29) is 17.8 Å². The predicted molar refractivity (Wildman–Crippen MR) is 73.2 cm³/mol. The summed E-state index contributed by atoms with van der Waals surface area (Å²) in [5.74, 6) is 0.893. The van der Waals surface area contributed by atoms with Gasteiger partial charge in [0.2, 0.25) is 0 Å². The van der Waals surface area contributed by atoms with Crippen LogP contribution in [0.25, 0.3) is 10.9 Å². The summed E-state index contributed by atoms with van der Waals surface area (Å²) < 4.78 is 5.78. The number of hydrogen-bond acceptors (Lipinski definition) is 2. The highest BCUT2D eigenvalue weighted by Crippen LogP contribution is 2.30. The van der Waals surface area contributed by atoms with E-state index in [9.17, 15) is 4.79 Å². The quantitative estimate of drug-likeness (QED) is 0.832. The molecule has 0 unspecified atom stereocenters. The molecule has 0 radical (unpaired) electrons. The molecule has 18 heavy (non-hydrogen) atoms. The maximum atomic E-state index is 12.2. The van der Waals surface area contributed by atoms with E-state index >= 15 is 0 Å². The maximum Gasteiger partial charge on any atom is 0.167 e. The number of ketones is 1. The third kappa shape index (κ3) is 2.26. The fourth-order valence-corrected chi connectivity index (χ4v) is 2.01. The highest BCUT2D eigenvalue weighted by Gasteiger charge is 2.18. The second-order valence-electron chi connectivity index (χ2n) is 5.07. The summed E-state index contributed by atoms with van der Waals surface area (Å²) in [5.41, 5.74) is 1.66. The molecule has 0 aliphatic heterocycles. The Morgan fingerprint density at radius 2 is 1.94 bits per heavy atom. The van der Waals surface area contributed by atoms with Gasteiger partial charge in [-0.25, -0.2) is 0 Å². The molecule has 1 N–H and O–H groups in total. The standard InChI is InChI=1S/C15H19NO2/c1-9(2)15(17)11-8-16-12-6-5-7-13(14(11)12)18-10(3)4/h5-10,16H,1-4H3. The molecule has 0 fully saturated rings. The van der Waals surface area contributed by atoms with E-state index in [0.29, 0.717) is 0 Å². The molecule has 1 aromatic carbocycles. The van der Waals surface area contributed by atoms with Gasteiger partial charge >= 0.3 is 0 Å². The van der Waals surface area contributed by atoms with Crippen molar-refractivity contribution in [2.75, 3.05) is 0 Å². The summed E-state index contributed by atoms with van der Waals surface area (Å²) in [5, 5.41) is 0.893. The van der Waals surface area contributed by atoms with E-state index < -0.39 is 0 Å². The molecule has 1 heterocycles. The fraction of sp³-hybridized carbons (Fsp3) is 0.400. The molecular weight excluding hydrogens is 226 g/mol. The number of benzene rings is 1. The molecule has 1 aromatic heterocycles. The molecule has 2 rings (SSSR count). The molecule has 0 atom stereocenters. The largest absolute Gasteiger partial charge is 0.490 e. The summed E-state index contributed by atoms with van der Waals surface area (Å²) in [6.07, 6.45) is 1.87. The van der Waals surface area contributed by atoms with Crippen molar-refractivity contribution in [2.24, 2.45) is 5.92 Å². The van der Waals surface area contributed by atoms with E-state index in [0.717, 1.165) is 22.2 Å². The molecule has 96 valence electrons. The molecule has 0 saturated heterocycles. The first-order valence-electron chi connectivity index (χ1n) is 6.31. The normalized spacial score (nSPS) is 11.4. The molecule has 0 aliphatic rings. The van der Waals surface area contributed by atoms with Gasteiger partial charge in [0.25, 0.3) is 0 Å². The Hall–Kier alpha value is -1.77. The highest BCUT2D eigenvalue weighted by molar-refractivity contribution is 6.10. The molecule has 2 aromatic rings. The van der Waals surface area contributed by atoms with Gasteiger partial charge in [0.05, 0.1) is 11.5 Å². The van der Waals surface area contributed by atoms with Crippen molar-refractivity contribution in [1.82, 2.24) is 4.98 Å². The van der Waals surface area contributed by atoms with Crippen molar-refractivity contribution in [2.45, 2.75) is 33.8 Å². The zero-order valence-corrected chi connectivity index (χ0v) is 11.3. The van der Waals surface area contributed by atoms with E-state index in [4.69, 9.17) is 4.74 Å². The van der Waals surface area contributed by atoms with Crippen LogP contribution in [0.15, 0.2) is 24.4 Å². The highest BCUT2D eigenvalue weighted by atomic mass is 16.5. The average molecular weight is 245 g/mol. The van der Waals surface area contributed by atoms with Gasteiger partial charge in [0.1, 0.15) is 5.75 Å². The van der Waals surface area contributed by atoms with Crippen LogP contribution < -0.4 is 4.74 Å². The van der Waals surface area contributed by atoms with Crippen molar-refractivity contribution in [3.63, 3.8) is 0 Å². The molecule has 3 nitrogen and oxygen atoms in total. The lowest BCUT2D eigenvalue weighted by Gasteiger charge is -2.12. The summed E-state index contributed by atoms with van der Waals surface area (Å²) >= 11 is 0. The van der Waals surface area contributed by atoms with Crippen LogP contribution in [-0.4, -0.2) is 16.9 Å². The van der Waals surface area contributed by atoms with Crippen molar-refractivity contribution >= 4 is 16.7 Å². The zero-order chi connectivity index (χ0) is 13.3. The Morgan fingerprint density at radius 1 is 1.22 bits per heavy atom. The maximum absolute atomic E-state index is 12.2. The lowest BCUT2D eigenvalue weighted by Crippen LogP contribution is -2.09. The average Bonchev–Trinajstić information content (AvgIpc) is 2.72. The Morgan fingerprint density at radius 3 is 2.56 bits per heavy atom. The predicted octanol–water partition coefficient (Wildman–Crippen LogP) is 3.79. The van der Waals surface area contributed by atoms with Gasteiger partial charge in [0, 0.05) is 23.2 Å². The van der Waals surface area contributed by atoms with Gasteiger partial charge < -0.3 is 9.72 Å². The molecule has 3 heteroatoms. The first kappa shape index (κ1) is 12.7. The van der Waals surface area contributed by atoms with Crippen molar-refractivity contribution < 1.29 is 9.53 Å². The van der Waals surface area contributed by atoms with Gasteiger partial charge in [-0.05, 0) is 26.0 Å². The number of hydrogen-bond donors (Lipinski definition) is 1. The lowest BCUT2D eigenvalue weighted by atomic mass is 10.0. The van der Waals surface area contributed by atoms with Crippen LogP contribution in [0.5, 0.6) is 5.75 Å². The van der Waals surface area contributed by atoms with Gasteiger partial charge in [-0.1, -0.05) is 19.9 Å². The second-order valence-corrected chi connectivity index (χ2v) is 5.07. The summed E-state index contributed by atoms with van der Waals surface area (Å²) in [6, 6.07) is 5.80. The third-order valence-corrected chi connectivity index (χ3v) is 2.82. The molecule has 0 amide bonds.